The molecule has 0 aliphatic carbocycles. The van der Waals surface area contributed by atoms with Crippen LogP contribution in [-0.4, -0.2) is 30.9 Å². The minimum absolute atomic E-state index is 0.0210. The van der Waals surface area contributed by atoms with Crippen LogP contribution in [0.3, 0.4) is 0 Å². The van der Waals surface area contributed by atoms with Crippen molar-refractivity contribution < 1.29 is 24.2 Å². The Balaban J connectivity index is 1.96. The zero-order valence-electron chi connectivity index (χ0n) is 14.6. The van der Waals surface area contributed by atoms with Crippen molar-refractivity contribution in [2.24, 2.45) is 0 Å². The fourth-order valence-corrected chi connectivity index (χ4v) is 2.26. The van der Waals surface area contributed by atoms with Gasteiger partial charge in [0, 0.05) is 5.56 Å². The zero-order valence-corrected chi connectivity index (χ0v) is 14.6. The summed E-state index contributed by atoms with van der Waals surface area (Å²) in [6.07, 6.45) is 5.68. The first-order chi connectivity index (χ1) is 12.5. The van der Waals surface area contributed by atoms with Gasteiger partial charge in [0.05, 0.1) is 20.6 Å². The molecule has 0 amide bonds. The van der Waals surface area contributed by atoms with E-state index in [1.165, 1.54) is 25.3 Å². The fraction of sp³-hybridized carbons (Fsp3) is 0.143. The molecule has 0 radical (unpaired) electrons. The number of rotatable bonds is 8. The number of methoxy groups -OCH3 is 2. The summed E-state index contributed by atoms with van der Waals surface area (Å²) in [6.45, 7) is 0. The average Bonchev–Trinajstić information content (AvgIpc) is 2.65. The van der Waals surface area contributed by atoms with Crippen LogP contribution >= 0.6 is 0 Å². The third kappa shape index (κ3) is 5.34. The minimum atomic E-state index is -0.313. The largest absolute Gasteiger partial charge is 0.504 e. The highest BCUT2D eigenvalue weighted by atomic mass is 16.5. The van der Waals surface area contributed by atoms with E-state index in [4.69, 9.17) is 9.47 Å². The van der Waals surface area contributed by atoms with Crippen LogP contribution in [0.5, 0.6) is 17.2 Å². The van der Waals surface area contributed by atoms with Crippen LogP contribution in [-0.2, 0) is 9.59 Å². The Morgan fingerprint density at radius 2 is 1.58 bits per heavy atom. The Bertz CT molecular complexity index is 849. The lowest BCUT2D eigenvalue weighted by atomic mass is 10.1. The molecule has 2 rings (SSSR count). The van der Waals surface area contributed by atoms with Crippen molar-refractivity contribution in [3.8, 4) is 17.2 Å². The quantitative estimate of drug-likeness (QED) is 0.580. The SMILES string of the molecule is COc1cc(C=CC(=O)CC(=O)C=Cc2ccccc2OC)ccc1O. The molecule has 0 bridgehead atoms. The molecule has 0 fully saturated rings. The molecule has 0 aromatic heterocycles. The van der Waals surface area contributed by atoms with Crippen molar-refractivity contribution in [2.45, 2.75) is 6.42 Å². The van der Waals surface area contributed by atoms with Crippen LogP contribution in [0.1, 0.15) is 17.5 Å². The summed E-state index contributed by atoms with van der Waals surface area (Å²) in [7, 11) is 3.00. The molecule has 2 aromatic rings. The van der Waals surface area contributed by atoms with Crippen molar-refractivity contribution in [1.82, 2.24) is 0 Å². The summed E-state index contributed by atoms with van der Waals surface area (Å²) >= 11 is 0. The van der Waals surface area contributed by atoms with E-state index in [-0.39, 0.29) is 23.7 Å². The van der Waals surface area contributed by atoms with Crippen LogP contribution in [0.15, 0.2) is 54.6 Å². The van der Waals surface area contributed by atoms with Gasteiger partial charge >= 0.3 is 0 Å². The molecular weight excluding hydrogens is 332 g/mol. The number of hydrogen-bond acceptors (Lipinski definition) is 5. The van der Waals surface area contributed by atoms with Crippen molar-refractivity contribution in [3.05, 3.63) is 65.7 Å². The number of carbonyl (C=O) groups excluding carboxylic acids is 2. The van der Waals surface area contributed by atoms with Gasteiger partial charge in [-0.25, -0.2) is 0 Å². The summed E-state index contributed by atoms with van der Waals surface area (Å²) in [5.41, 5.74) is 1.45. The van der Waals surface area contributed by atoms with E-state index in [1.54, 1.807) is 37.5 Å². The minimum Gasteiger partial charge on any atom is -0.504 e. The highest BCUT2D eigenvalue weighted by molar-refractivity contribution is 6.10. The smallest absolute Gasteiger partial charge is 0.163 e. The van der Waals surface area contributed by atoms with Gasteiger partial charge in [-0.2, -0.15) is 0 Å². The number of para-hydroxylation sites is 1. The van der Waals surface area contributed by atoms with E-state index in [0.717, 1.165) is 5.56 Å². The van der Waals surface area contributed by atoms with Crippen molar-refractivity contribution >= 4 is 23.7 Å². The van der Waals surface area contributed by atoms with Gasteiger partial charge in [0.2, 0.25) is 0 Å². The number of ketones is 2. The van der Waals surface area contributed by atoms with E-state index < -0.39 is 0 Å². The van der Waals surface area contributed by atoms with Gasteiger partial charge in [0.15, 0.2) is 23.1 Å². The number of benzene rings is 2. The normalized spacial score (nSPS) is 11.0. The van der Waals surface area contributed by atoms with Crippen molar-refractivity contribution in [1.29, 1.82) is 0 Å². The predicted octanol–water partition coefficient (Wildman–Crippen LogP) is 3.66. The highest BCUT2D eigenvalue weighted by Gasteiger charge is 2.05. The number of aromatic hydroxyl groups is 1. The third-order valence-corrected chi connectivity index (χ3v) is 3.60. The molecule has 0 aliphatic heterocycles. The molecule has 0 saturated carbocycles. The molecule has 1 N–H and O–H groups in total. The Morgan fingerprint density at radius 3 is 2.27 bits per heavy atom. The topological polar surface area (TPSA) is 72.8 Å². The van der Waals surface area contributed by atoms with Crippen LogP contribution < -0.4 is 9.47 Å². The second-order valence-electron chi connectivity index (χ2n) is 5.45. The monoisotopic (exact) mass is 352 g/mol. The Morgan fingerprint density at radius 1 is 0.923 bits per heavy atom. The second-order valence-corrected chi connectivity index (χ2v) is 5.45. The molecule has 134 valence electrons. The summed E-state index contributed by atoms with van der Waals surface area (Å²) < 4.78 is 10.2. The van der Waals surface area contributed by atoms with Crippen LogP contribution in [0.2, 0.25) is 0 Å². The number of phenols is 1. The molecule has 0 unspecified atom stereocenters. The van der Waals surface area contributed by atoms with Crippen molar-refractivity contribution in [3.63, 3.8) is 0 Å². The van der Waals surface area contributed by atoms with E-state index in [9.17, 15) is 14.7 Å². The standard InChI is InChI=1S/C21H20O5/c1-25-20-6-4-3-5-16(20)9-11-18(23)14-17(22)10-7-15-8-12-19(24)21(13-15)26-2/h3-13,24H,14H2,1-2H3. The van der Waals surface area contributed by atoms with E-state index >= 15 is 0 Å². The lowest BCUT2D eigenvalue weighted by molar-refractivity contribution is -0.121. The maximum Gasteiger partial charge on any atom is 0.163 e. The summed E-state index contributed by atoms with van der Waals surface area (Å²) in [6, 6.07) is 12.0. The molecule has 5 heteroatoms. The maximum atomic E-state index is 11.9. The van der Waals surface area contributed by atoms with Crippen LogP contribution in [0.25, 0.3) is 12.2 Å². The van der Waals surface area contributed by atoms with Crippen LogP contribution in [0, 0.1) is 0 Å². The van der Waals surface area contributed by atoms with Gasteiger partial charge in [-0.05, 0) is 42.0 Å². The molecule has 5 nitrogen and oxygen atoms in total. The summed E-state index contributed by atoms with van der Waals surface area (Å²) in [5, 5.41) is 9.54. The first-order valence-corrected chi connectivity index (χ1v) is 7.95. The summed E-state index contributed by atoms with van der Waals surface area (Å²) in [5.74, 6) is 0.382. The Hall–Kier alpha value is -3.34. The first-order valence-electron chi connectivity index (χ1n) is 7.95. The van der Waals surface area contributed by atoms with Gasteiger partial charge in [0.25, 0.3) is 0 Å². The Kier molecular flexibility index (Phi) is 6.74. The van der Waals surface area contributed by atoms with Gasteiger partial charge in [-0.1, -0.05) is 30.3 Å². The third-order valence-electron chi connectivity index (χ3n) is 3.60. The molecule has 26 heavy (non-hydrogen) atoms. The van der Waals surface area contributed by atoms with Gasteiger partial charge < -0.3 is 14.6 Å². The predicted molar refractivity (Wildman–Crippen MR) is 100 cm³/mol. The Labute approximate surface area is 152 Å². The molecule has 0 atom stereocenters. The number of allylic oxidation sites excluding steroid dienone is 2. The van der Waals surface area contributed by atoms with Crippen molar-refractivity contribution in [2.75, 3.05) is 14.2 Å². The second kappa shape index (κ2) is 9.22. The zero-order chi connectivity index (χ0) is 18.9. The number of hydrogen-bond donors (Lipinski definition) is 1. The molecule has 0 spiro atoms. The molecular formula is C21H20O5. The van der Waals surface area contributed by atoms with Gasteiger partial charge in [-0.3, -0.25) is 9.59 Å². The lowest BCUT2D eigenvalue weighted by Crippen LogP contribution is -2.02. The number of phenolic OH excluding ortho intramolecular Hbond substituents is 1. The maximum absolute atomic E-state index is 11.9. The molecule has 0 heterocycles. The lowest BCUT2D eigenvalue weighted by Gasteiger charge is -2.03. The van der Waals surface area contributed by atoms with Gasteiger partial charge in [-0.15, -0.1) is 0 Å². The first kappa shape index (κ1) is 19.0. The van der Waals surface area contributed by atoms with E-state index in [0.29, 0.717) is 17.1 Å². The summed E-state index contributed by atoms with van der Waals surface area (Å²) in [4.78, 5) is 23.9. The number of ether oxygens (including phenoxy) is 2. The van der Waals surface area contributed by atoms with E-state index in [1.807, 2.05) is 18.2 Å². The molecule has 0 saturated heterocycles. The highest BCUT2D eigenvalue weighted by Crippen LogP contribution is 2.26. The average molecular weight is 352 g/mol. The van der Waals surface area contributed by atoms with E-state index in [2.05, 4.69) is 0 Å². The number of carbonyl (C=O) groups is 2. The van der Waals surface area contributed by atoms with Gasteiger partial charge in [0.1, 0.15) is 5.75 Å². The molecule has 2 aromatic carbocycles. The molecule has 0 aliphatic rings. The fourth-order valence-electron chi connectivity index (χ4n) is 2.26. The van der Waals surface area contributed by atoms with Crippen LogP contribution in [0.4, 0.5) is 0 Å².